The van der Waals surface area contributed by atoms with Crippen LogP contribution in [0.5, 0.6) is 0 Å². The Hall–Kier alpha value is -0.830. The van der Waals surface area contributed by atoms with E-state index in [1.54, 1.807) is 0 Å². The summed E-state index contributed by atoms with van der Waals surface area (Å²) in [7, 11) is 0. The maximum absolute atomic E-state index is 5.99. The first-order chi connectivity index (χ1) is 9.13. The number of benzene rings is 1. The Morgan fingerprint density at radius 2 is 2.16 bits per heavy atom. The van der Waals surface area contributed by atoms with Gasteiger partial charge in [-0.3, -0.25) is 4.90 Å². The lowest BCUT2D eigenvalue weighted by Crippen LogP contribution is -2.42. The summed E-state index contributed by atoms with van der Waals surface area (Å²) in [5, 5.41) is 4.45. The minimum absolute atomic E-state index is 0.625. The van der Waals surface area contributed by atoms with Crippen LogP contribution in [0, 0.1) is 0 Å². The predicted octanol–water partition coefficient (Wildman–Crippen LogP) is 3.47. The standard InChI is InChI=1S/C16H23ClN2/c1-13(2)12-19-8-6-16(7-9-19)18-11-14-4-3-5-15(17)10-14/h3-5,10,16,18H,1,6-9,11-12H2,2H3. The van der Waals surface area contributed by atoms with Crippen LogP contribution >= 0.6 is 11.6 Å². The Kier molecular flexibility index (Phi) is 5.44. The van der Waals surface area contributed by atoms with Gasteiger partial charge in [-0.15, -0.1) is 0 Å². The van der Waals surface area contributed by atoms with Crippen molar-refractivity contribution in [2.75, 3.05) is 19.6 Å². The first-order valence-electron chi connectivity index (χ1n) is 6.98. The summed E-state index contributed by atoms with van der Waals surface area (Å²) in [6, 6.07) is 8.70. The zero-order valence-electron chi connectivity index (χ0n) is 11.7. The first kappa shape index (κ1) is 14.6. The fraction of sp³-hybridized carbons (Fsp3) is 0.500. The molecule has 1 N–H and O–H groups in total. The molecule has 0 radical (unpaired) electrons. The van der Waals surface area contributed by atoms with E-state index in [-0.39, 0.29) is 0 Å². The number of nitrogens with zero attached hydrogens (tertiary/aromatic N) is 1. The minimum Gasteiger partial charge on any atom is -0.310 e. The molecule has 1 fully saturated rings. The molecule has 1 aromatic rings. The van der Waals surface area contributed by atoms with Crippen molar-refractivity contribution < 1.29 is 0 Å². The van der Waals surface area contributed by atoms with Crippen LogP contribution in [0.25, 0.3) is 0 Å². The Morgan fingerprint density at radius 3 is 2.79 bits per heavy atom. The van der Waals surface area contributed by atoms with Gasteiger partial charge in [0.15, 0.2) is 0 Å². The van der Waals surface area contributed by atoms with E-state index < -0.39 is 0 Å². The van der Waals surface area contributed by atoms with Crippen molar-refractivity contribution in [3.8, 4) is 0 Å². The molecule has 1 saturated heterocycles. The summed E-state index contributed by atoms with van der Waals surface area (Å²) in [6.45, 7) is 10.4. The van der Waals surface area contributed by atoms with Crippen LogP contribution < -0.4 is 5.32 Å². The highest BCUT2D eigenvalue weighted by Crippen LogP contribution is 2.14. The summed E-state index contributed by atoms with van der Waals surface area (Å²) in [4.78, 5) is 2.49. The van der Waals surface area contributed by atoms with Crippen molar-refractivity contribution in [2.24, 2.45) is 0 Å². The average Bonchev–Trinajstić information content (AvgIpc) is 2.37. The Balaban J connectivity index is 1.72. The van der Waals surface area contributed by atoms with Crippen LogP contribution in [0.4, 0.5) is 0 Å². The maximum Gasteiger partial charge on any atom is 0.0409 e. The highest BCUT2D eigenvalue weighted by molar-refractivity contribution is 6.30. The molecule has 104 valence electrons. The lowest BCUT2D eigenvalue weighted by atomic mass is 10.0. The third-order valence-corrected chi connectivity index (χ3v) is 3.80. The van der Waals surface area contributed by atoms with Gasteiger partial charge in [0.1, 0.15) is 0 Å². The number of piperidine rings is 1. The van der Waals surface area contributed by atoms with Crippen LogP contribution in [-0.2, 0) is 6.54 Å². The Labute approximate surface area is 121 Å². The second kappa shape index (κ2) is 7.09. The van der Waals surface area contributed by atoms with Gasteiger partial charge in [-0.25, -0.2) is 0 Å². The maximum atomic E-state index is 5.99. The minimum atomic E-state index is 0.625. The van der Waals surface area contributed by atoms with Gasteiger partial charge in [0.2, 0.25) is 0 Å². The first-order valence-corrected chi connectivity index (χ1v) is 7.36. The molecular weight excluding hydrogens is 256 g/mol. The van der Waals surface area contributed by atoms with Crippen LogP contribution in [0.2, 0.25) is 5.02 Å². The zero-order chi connectivity index (χ0) is 13.7. The van der Waals surface area contributed by atoms with Gasteiger partial charge in [0.05, 0.1) is 0 Å². The van der Waals surface area contributed by atoms with Gasteiger partial charge < -0.3 is 5.32 Å². The summed E-state index contributed by atoms with van der Waals surface area (Å²) in [5.41, 5.74) is 2.52. The van der Waals surface area contributed by atoms with E-state index in [0.717, 1.165) is 18.1 Å². The summed E-state index contributed by atoms with van der Waals surface area (Å²) in [6.07, 6.45) is 2.43. The van der Waals surface area contributed by atoms with Gasteiger partial charge >= 0.3 is 0 Å². The molecule has 1 aromatic carbocycles. The van der Waals surface area contributed by atoms with Crippen LogP contribution in [0.15, 0.2) is 36.4 Å². The number of nitrogens with one attached hydrogen (secondary N) is 1. The molecule has 0 spiro atoms. The molecule has 0 saturated carbocycles. The van der Waals surface area contributed by atoms with Crippen LogP contribution in [-0.4, -0.2) is 30.6 Å². The highest BCUT2D eigenvalue weighted by Gasteiger charge is 2.18. The second-order valence-electron chi connectivity index (χ2n) is 5.52. The van der Waals surface area contributed by atoms with Gasteiger partial charge in [-0.05, 0) is 50.6 Å². The highest BCUT2D eigenvalue weighted by atomic mass is 35.5. The fourth-order valence-corrected chi connectivity index (χ4v) is 2.80. The summed E-state index contributed by atoms with van der Waals surface area (Å²) >= 11 is 5.99. The molecule has 1 aliphatic heterocycles. The molecule has 2 nitrogen and oxygen atoms in total. The molecular formula is C16H23ClN2. The number of hydrogen-bond donors (Lipinski definition) is 1. The number of hydrogen-bond acceptors (Lipinski definition) is 2. The molecule has 19 heavy (non-hydrogen) atoms. The van der Waals surface area contributed by atoms with Crippen molar-refractivity contribution in [3.05, 3.63) is 47.0 Å². The molecule has 2 rings (SSSR count). The molecule has 0 amide bonds. The van der Waals surface area contributed by atoms with E-state index in [9.17, 15) is 0 Å². The van der Waals surface area contributed by atoms with E-state index in [1.807, 2.05) is 18.2 Å². The van der Waals surface area contributed by atoms with E-state index in [4.69, 9.17) is 11.6 Å². The van der Waals surface area contributed by atoms with Crippen molar-refractivity contribution in [2.45, 2.75) is 32.4 Å². The lowest BCUT2D eigenvalue weighted by Gasteiger charge is -2.32. The smallest absolute Gasteiger partial charge is 0.0409 e. The molecule has 0 bridgehead atoms. The van der Waals surface area contributed by atoms with E-state index in [2.05, 4.69) is 29.8 Å². The SMILES string of the molecule is C=C(C)CN1CCC(NCc2cccc(Cl)c2)CC1. The van der Waals surface area contributed by atoms with E-state index in [0.29, 0.717) is 6.04 Å². The fourth-order valence-electron chi connectivity index (χ4n) is 2.59. The monoisotopic (exact) mass is 278 g/mol. The van der Waals surface area contributed by atoms with Crippen molar-refractivity contribution >= 4 is 11.6 Å². The van der Waals surface area contributed by atoms with Gasteiger partial charge in [-0.1, -0.05) is 35.9 Å². The largest absolute Gasteiger partial charge is 0.310 e. The summed E-state index contributed by atoms with van der Waals surface area (Å²) < 4.78 is 0. The van der Waals surface area contributed by atoms with Gasteiger partial charge in [0.25, 0.3) is 0 Å². The number of halogens is 1. The molecule has 0 unspecified atom stereocenters. The second-order valence-corrected chi connectivity index (χ2v) is 5.95. The quantitative estimate of drug-likeness (QED) is 0.830. The summed E-state index contributed by atoms with van der Waals surface area (Å²) in [5.74, 6) is 0. The van der Waals surface area contributed by atoms with Crippen LogP contribution in [0.1, 0.15) is 25.3 Å². The van der Waals surface area contributed by atoms with Crippen molar-refractivity contribution in [3.63, 3.8) is 0 Å². The third-order valence-electron chi connectivity index (χ3n) is 3.56. The number of likely N-dealkylation sites (tertiary alicyclic amines) is 1. The average molecular weight is 279 g/mol. The van der Waals surface area contributed by atoms with Crippen molar-refractivity contribution in [1.82, 2.24) is 10.2 Å². The van der Waals surface area contributed by atoms with Crippen molar-refractivity contribution in [1.29, 1.82) is 0 Å². The predicted molar refractivity (Wildman–Crippen MR) is 82.6 cm³/mol. The van der Waals surface area contributed by atoms with E-state index >= 15 is 0 Å². The number of rotatable bonds is 5. The lowest BCUT2D eigenvalue weighted by molar-refractivity contribution is 0.211. The van der Waals surface area contributed by atoms with Crippen LogP contribution in [0.3, 0.4) is 0 Å². The van der Waals surface area contributed by atoms with Gasteiger partial charge in [-0.2, -0.15) is 0 Å². The molecule has 0 atom stereocenters. The van der Waals surface area contributed by atoms with Gasteiger partial charge in [0, 0.05) is 24.2 Å². The molecule has 3 heteroatoms. The zero-order valence-corrected chi connectivity index (χ0v) is 12.4. The Morgan fingerprint density at radius 1 is 1.42 bits per heavy atom. The normalized spacial score (nSPS) is 17.6. The molecule has 0 aromatic heterocycles. The molecule has 1 aliphatic rings. The molecule has 1 heterocycles. The topological polar surface area (TPSA) is 15.3 Å². The Bertz CT molecular complexity index is 423. The van der Waals surface area contributed by atoms with E-state index in [1.165, 1.54) is 37.1 Å². The third kappa shape index (κ3) is 4.98. The molecule has 0 aliphatic carbocycles.